The number of hydrogen-bond acceptors (Lipinski definition) is 5. The maximum Gasteiger partial charge on any atom is 0.377 e. The monoisotopic (exact) mass is 199 g/mol. The number of aromatic nitrogens is 2. The number of aromatic carboxylic acids is 1. The summed E-state index contributed by atoms with van der Waals surface area (Å²) in [7, 11) is 0. The third-order valence-corrected chi connectivity index (χ3v) is 1.68. The average molecular weight is 199 g/mol. The van der Waals surface area contributed by atoms with E-state index in [-0.39, 0.29) is 11.7 Å². The lowest BCUT2D eigenvalue weighted by Gasteiger charge is -2.08. The molecule has 3 N–H and O–H groups in total. The lowest BCUT2D eigenvalue weighted by molar-refractivity contribution is 0.0680. The summed E-state index contributed by atoms with van der Waals surface area (Å²) in [6, 6.07) is -0.393. The van der Waals surface area contributed by atoms with Gasteiger partial charge in [-0.3, -0.25) is 0 Å². The minimum Gasteiger partial charge on any atom is -0.475 e. The van der Waals surface area contributed by atoms with Gasteiger partial charge in [0.25, 0.3) is 5.82 Å². The molecule has 6 heteroatoms. The Morgan fingerprint density at radius 3 is 2.71 bits per heavy atom. The molecule has 0 radical (unpaired) electrons. The Kier molecular flexibility index (Phi) is 3.19. The summed E-state index contributed by atoms with van der Waals surface area (Å²) < 4.78 is 4.72. The van der Waals surface area contributed by atoms with E-state index in [9.17, 15) is 4.79 Å². The van der Waals surface area contributed by atoms with Crippen molar-refractivity contribution in [2.75, 3.05) is 0 Å². The van der Waals surface area contributed by atoms with Crippen molar-refractivity contribution in [2.24, 2.45) is 11.7 Å². The molecule has 1 heterocycles. The van der Waals surface area contributed by atoms with Crippen LogP contribution in [0, 0.1) is 5.92 Å². The summed E-state index contributed by atoms with van der Waals surface area (Å²) in [4.78, 5) is 14.1. The van der Waals surface area contributed by atoms with Crippen molar-refractivity contribution >= 4 is 5.97 Å². The highest BCUT2D eigenvalue weighted by Crippen LogP contribution is 2.16. The summed E-state index contributed by atoms with van der Waals surface area (Å²) in [5.74, 6) is -0.989. The standard InChI is InChI=1S/C8H13N3O3/c1-4(2)3-5(9)7-10-6(8(12)13)11-14-7/h4-5H,3,9H2,1-2H3,(H,12,13)/t5-/m0/s1. The second-order valence-corrected chi connectivity index (χ2v) is 3.50. The molecule has 1 atom stereocenters. The molecule has 1 aromatic heterocycles. The minimum atomic E-state index is -1.21. The van der Waals surface area contributed by atoms with Crippen LogP contribution < -0.4 is 5.73 Å². The van der Waals surface area contributed by atoms with Gasteiger partial charge < -0.3 is 15.4 Å². The number of hydrogen-bond donors (Lipinski definition) is 2. The number of carbonyl (C=O) groups is 1. The Morgan fingerprint density at radius 2 is 2.29 bits per heavy atom. The fraction of sp³-hybridized carbons (Fsp3) is 0.625. The molecule has 1 rings (SSSR count). The molecule has 0 unspecified atom stereocenters. The molecular formula is C8H13N3O3. The maximum absolute atomic E-state index is 10.4. The third kappa shape index (κ3) is 2.53. The van der Waals surface area contributed by atoms with Crippen LogP contribution in [-0.4, -0.2) is 21.2 Å². The summed E-state index contributed by atoms with van der Waals surface area (Å²) in [6.07, 6.45) is 0.682. The van der Waals surface area contributed by atoms with E-state index in [0.717, 1.165) is 0 Å². The van der Waals surface area contributed by atoms with E-state index >= 15 is 0 Å². The van der Waals surface area contributed by atoms with Crippen molar-refractivity contribution in [2.45, 2.75) is 26.3 Å². The van der Waals surface area contributed by atoms with E-state index < -0.39 is 12.0 Å². The van der Waals surface area contributed by atoms with Gasteiger partial charge in [-0.15, -0.1) is 0 Å². The number of nitrogens with two attached hydrogens (primary N) is 1. The first-order valence-corrected chi connectivity index (χ1v) is 4.33. The molecule has 0 aromatic carbocycles. The second kappa shape index (κ2) is 4.19. The van der Waals surface area contributed by atoms with Gasteiger partial charge in [-0.2, -0.15) is 4.98 Å². The van der Waals surface area contributed by atoms with Gasteiger partial charge >= 0.3 is 5.97 Å². The third-order valence-electron chi connectivity index (χ3n) is 1.68. The summed E-state index contributed by atoms with van der Waals surface area (Å²) in [5, 5.41) is 11.8. The van der Waals surface area contributed by atoms with Crippen molar-refractivity contribution in [3.05, 3.63) is 11.7 Å². The predicted molar refractivity (Wildman–Crippen MR) is 47.6 cm³/mol. The number of nitrogens with zero attached hydrogens (tertiary/aromatic N) is 2. The fourth-order valence-electron chi connectivity index (χ4n) is 1.08. The molecule has 1 aromatic rings. The van der Waals surface area contributed by atoms with Crippen molar-refractivity contribution in [3.63, 3.8) is 0 Å². The zero-order valence-electron chi connectivity index (χ0n) is 8.10. The maximum atomic E-state index is 10.4. The quantitative estimate of drug-likeness (QED) is 0.744. The van der Waals surface area contributed by atoms with E-state index in [1.165, 1.54) is 0 Å². The van der Waals surface area contributed by atoms with Gasteiger partial charge in [0, 0.05) is 0 Å². The number of rotatable bonds is 4. The van der Waals surface area contributed by atoms with Crippen molar-refractivity contribution in [1.29, 1.82) is 0 Å². The van der Waals surface area contributed by atoms with Gasteiger partial charge in [0.05, 0.1) is 6.04 Å². The molecule has 0 aliphatic carbocycles. The van der Waals surface area contributed by atoms with Crippen molar-refractivity contribution in [3.8, 4) is 0 Å². The molecule has 0 fully saturated rings. The van der Waals surface area contributed by atoms with E-state index in [4.69, 9.17) is 15.4 Å². The van der Waals surface area contributed by atoms with E-state index in [2.05, 4.69) is 10.1 Å². The lowest BCUT2D eigenvalue weighted by atomic mass is 10.0. The molecule has 0 saturated carbocycles. The van der Waals surface area contributed by atoms with Gasteiger partial charge in [-0.1, -0.05) is 13.8 Å². The highest BCUT2D eigenvalue weighted by atomic mass is 16.5. The van der Waals surface area contributed by atoms with Crippen LogP contribution in [0.4, 0.5) is 0 Å². The van der Waals surface area contributed by atoms with Crippen LogP contribution in [0.25, 0.3) is 0 Å². The molecule has 0 aliphatic rings. The fourth-order valence-corrected chi connectivity index (χ4v) is 1.08. The van der Waals surface area contributed by atoms with E-state index in [1.54, 1.807) is 0 Å². The minimum absolute atomic E-state index is 0.177. The van der Waals surface area contributed by atoms with Gasteiger partial charge in [-0.25, -0.2) is 4.79 Å². The first kappa shape index (κ1) is 10.6. The van der Waals surface area contributed by atoms with E-state index in [1.807, 2.05) is 13.8 Å². The Hall–Kier alpha value is -1.43. The second-order valence-electron chi connectivity index (χ2n) is 3.50. The zero-order chi connectivity index (χ0) is 10.7. The molecule has 0 spiro atoms. The highest BCUT2D eigenvalue weighted by molar-refractivity contribution is 5.82. The molecule has 14 heavy (non-hydrogen) atoms. The van der Waals surface area contributed by atoms with Gasteiger partial charge in [0.2, 0.25) is 5.89 Å². The van der Waals surface area contributed by atoms with Gasteiger partial charge in [0.15, 0.2) is 0 Å². The zero-order valence-corrected chi connectivity index (χ0v) is 8.10. The lowest BCUT2D eigenvalue weighted by Crippen LogP contribution is -2.13. The van der Waals surface area contributed by atoms with Crippen LogP contribution in [0.5, 0.6) is 0 Å². The SMILES string of the molecule is CC(C)C[C@H](N)c1nc(C(=O)O)no1. The number of carboxylic acids is 1. The van der Waals surface area contributed by atoms with Crippen LogP contribution in [0.15, 0.2) is 4.52 Å². The van der Waals surface area contributed by atoms with Crippen LogP contribution >= 0.6 is 0 Å². The molecular weight excluding hydrogens is 186 g/mol. The van der Waals surface area contributed by atoms with Crippen LogP contribution in [0.3, 0.4) is 0 Å². The van der Waals surface area contributed by atoms with Crippen LogP contribution in [0.2, 0.25) is 0 Å². The summed E-state index contributed by atoms with van der Waals surface area (Å²) in [6.45, 7) is 4.02. The molecule has 0 amide bonds. The Balaban J connectivity index is 2.71. The molecule has 6 nitrogen and oxygen atoms in total. The highest BCUT2D eigenvalue weighted by Gasteiger charge is 2.18. The Morgan fingerprint density at radius 1 is 1.64 bits per heavy atom. The molecule has 0 bridgehead atoms. The molecule has 0 saturated heterocycles. The first-order valence-electron chi connectivity index (χ1n) is 4.33. The largest absolute Gasteiger partial charge is 0.475 e. The van der Waals surface area contributed by atoms with Gasteiger partial charge in [0.1, 0.15) is 0 Å². The average Bonchev–Trinajstić information content (AvgIpc) is 2.50. The number of carboxylic acid groups (broad SMARTS) is 1. The van der Waals surface area contributed by atoms with Crippen LogP contribution in [0.1, 0.15) is 42.8 Å². The topological polar surface area (TPSA) is 102 Å². The normalized spacial score (nSPS) is 13.1. The molecule has 78 valence electrons. The first-order chi connectivity index (χ1) is 6.50. The summed E-state index contributed by atoms with van der Waals surface area (Å²) in [5.41, 5.74) is 5.72. The van der Waals surface area contributed by atoms with Crippen molar-refractivity contribution < 1.29 is 14.4 Å². The van der Waals surface area contributed by atoms with Crippen LogP contribution in [-0.2, 0) is 0 Å². The van der Waals surface area contributed by atoms with Gasteiger partial charge in [-0.05, 0) is 17.5 Å². The predicted octanol–water partition coefficient (Wildman–Crippen LogP) is 0.814. The summed E-state index contributed by atoms with van der Waals surface area (Å²) >= 11 is 0. The Bertz CT molecular complexity index is 321. The van der Waals surface area contributed by atoms with Crippen molar-refractivity contribution in [1.82, 2.24) is 10.1 Å². The smallest absolute Gasteiger partial charge is 0.377 e. The van der Waals surface area contributed by atoms with E-state index in [0.29, 0.717) is 12.3 Å². The Labute approximate surface area is 81.1 Å². The molecule has 0 aliphatic heterocycles.